The van der Waals surface area contributed by atoms with Gasteiger partial charge in [-0.2, -0.15) is 0 Å². The lowest BCUT2D eigenvalue weighted by Gasteiger charge is -2.34. The molecule has 0 unspecified atom stereocenters. The van der Waals surface area contributed by atoms with Gasteiger partial charge in [0.1, 0.15) is 5.82 Å². The molecule has 6 heteroatoms. The molecule has 0 aliphatic carbocycles. The van der Waals surface area contributed by atoms with Crippen LogP contribution >= 0.6 is 0 Å². The topological polar surface area (TPSA) is 75.8 Å². The number of aromatic carboxylic acids is 1. The van der Waals surface area contributed by atoms with Crippen molar-refractivity contribution in [1.82, 2.24) is 0 Å². The molecule has 1 aromatic carbocycles. The number of nitrogens with two attached hydrogens (primary N) is 1. The molecule has 0 bridgehead atoms. The van der Waals surface area contributed by atoms with Crippen LogP contribution in [0, 0.1) is 5.82 Å². The van der Waals surface area contributed by atoms with Gasteiger partial charge in [-0.1, -0.05) is 0 Å². The van der Waals surface area contributed by atoms with Gasteiger partial charge in [0.15, 0.2) is 0 Å². The van der Waals surface area contributed by atoms with Crippen molar-refractivity contribution in [2.24, 2.45) is 0 Å². The lowest BCUT2D eigenvalue weighted by atomic mass is 10.1. The molecule has 2 rings (SSSR count). The van der Waals surface area contributed by atoms with Crippen LogP contribution in [-0.2, 0) is 4.74 Å². The molecule has 1 aliphatic rings. The largest absolute Gasteiger partial charge is 0.478 e. The fourth-order valence-electron chi connectivity index (χ4n) is 2.52. The Balaban J connectivity index is 2.14. The zero-order chi connectivity index (χ0) is 14.7. The SMILES string of the molecule is CCOC1CCN(c2cc(F)c(C(=O)O)cc2N)CC1. The molecule has 1 aromatic rings. The van der Waals surface area contributed by atoms with Crippen LogP contribution in [0.2, 0.25) is 0 Å². The van der Waals surface area contributed by atoms with Crippen molar-refractivity contribution in [3.05, 3.63) is 23.5 Å². The molecule has 5 nitrogen and oxygen atoms in total. The van der Waals surface area contributed by atoms with Gasteiger partial charge in [0.05, 0.1) is 23.0 Å². The summed E-state index contributed by atoms with van der Waals surface area (Å²) in [5, 5.41) is 8.86. The van der Waals surface area contributed by atoms with Crippen molar-refractivity contribution in [3.8, 4) is 0 Å². The summed E-state index contributed by atoms with van der Waals surface area (Å²) in [6, 6.07) is 2.39. The van der Waals surface area contributed by atoms with Crippen LogP contribution in [0.15, 0.2) is 12.1 Å². The molecule has 1 fully saturated rings. The summed E-state index contributed by atoms with van der Waals surface area (Å²) in [6.45, 7) is 4.10. The van der Waals surface area contributed by atoms with Gasteiger partial charge >= 0.3 is 5.97 Å². The Labute approximate surface area is 117 Å². The molecule has 20 heavy (non-hydrogen) atoms. The van der Waals surface area contributed by atoms with E-state index in [2.05, 4.69) is 0 Å². The van der Waals surface area contributed by atoms with Crippen LogP contribution in [0.5, 0.6) is 0 Å². The number of rotatable bonds is 4. The summed E-state index contributed by atoms with van der Waals surface area (Å²) < 4.78 is 19.3. The maximum Gasteiger partial charge on any atom is 0.338 e. The number of nitrogens with zero attached hydrogens (tertiary/aromatic N) is 1. The number of carbonyl (C=O) groups is 1. The van der Waals surface area contributed by atoms with E-state index in [0.717, 1.165) is 25.9 Å². The molecular formula is C14H19FN2O3. The van der Waals surface area contributed by atoms with Gasteiger partial charge in [-0.05, 0) is 25.8 Å². The average Bonchev–Trinajstić information content (AvgIpc) is 2.42. The molecule has 0 saturated carbocycles. The Morgan fingerprint density at radius 1 is 1.50 bits per heavy atom. The molecule has 0 atom stereocenters. The number of piperidine rings is 1. The molecule has 0 spiro atoms. The minimum atomic E-state index is -1.31. The van der Waals surface area contributed by atoms with Crippen molar-refractivity contribution in [2.45, 2.75) is 25.9 Å². The van der Waals surface area contributed by atoms with E-state index in [9.17, 15) is 9.18 Å². The highest BCUT2D eigenvalue weighted by Crippen LogP contribution is 2.29. The standard InChI is InChI=1S/C14H19FN2O3/c1-2-20-9-3-5-17(6-4-9)13-8-11(15)10(14(18)19)7-12(13)16/h7-9H,2-6,16H2,1H3,(H,18,19). The summed E-state index contributed by atoms with van der Waals surface area (Å²) in [4.78, 5) is 12.8. The van der Waals surface area contributed by atoms with Crippen LogP contribution in [0.1, 0.15) is 30.1 Å². The summed E-state index contributed by atoms with van der Waals surface area (Å²) in [6.07, 6.45) is 1.95. The maximum atomic E-state index is 13.7. The fourth-order valence-corrected chi connectivity index (χ4v) is 2.52. The van der Waals surface area contributed by atoms with Crippen molar-refractivity contribution >= 4 is 17.3 Å². The number of anilines is 2. The lowest BCUT2D eigenvalue weighted by Crippen LogP contribution is -2.37. The van der Waals surface area contributed by atoms with E-state index in [1.54, 1.807) is 0 Å². The van der Waals surface area contributed by atoms with Gasteiger partial charge in [-0.3, -0.25) is 0 Å². The maximum absolute atomic E-state index is 13.7. The van der Waals surface area contributed by atoms with Crippen LogP contribution in [0.25, 0.3) is 0 Å². The van der Waals surface area contributed by atoms with E-state index in [1.807, 2.05) is 11.8 Å². The van der Waals surface area contributed by atoms with E-state index in [0.29, 0.717) is 18.0 Å². The first-order valence-electron chi connectivity index (χ1n) is 6.71. The zero-order valence-electron chi connectivity index (χ0n) is 11.4. The summed E-state index contributed by atoms with van der Waals surface area (Å²) in [5.41, 5.74) is 6.30. The highest BCUT2D eigenvalue weighted by Gasteiger charge is 2.23. The van der Waals surface area contributed by atoms with Gasteiger partial charge in [-0.15, -0.1) is 0 Å². The smallest absolute Gasteiger partial charge is 0.338 e. The third-order valence-corrected chi connectivity index (χ3v) is 3.53. The minimum absolute atomic E-state index is 0.237. The molecular weight excluding hydrogens is 263 g/mol. The predicted octanol–water partition coefficient (Wildman–Crippen LogP) is 2.11. The Kier molecular flexibility index (Phi) is 4.44. The predicted molar refractivity (Wildman–Crippen MR) is 74.6 cm³/mol. The first-order chi connectivity index (χ1) is 9.52. The van der Waals surface area contributed by atoms with E-state index in [-0.39, 0.29) is 6.10 Å². The molecule has 0 radical (unpaired) electrons. The Morgan fingerprint density at radius 3 is 2.70 bits per heavy atom. The second-order valence-corrected chi connectivity index (χ2v) is 4.84. The van der Waals surface area contributed by atoms with E-state index < -0.39 is 17.3 Å². The average molecular weight is 282 g/mol. The third-order valence-electron chi connectivity index (χ3n) is 3.53. The molecule has 1 heterocycles. The monoisotopic (exact) mass is 282 g/mol. The Hall–Kier alpha value is -1.82. The first kappa shape index (κ1) is 14.6. The number of ether oxygens (including phenoxy) is 1. The first-order valence-corrected chi connectivity index (χ1v) is 6.71. The highest BCUT2D eigenvalue weighted by atomic mass is 19.1. The highest BCUT2D eigenvalue weighted by molar-refractivity contribution is 5.91. The molecule has 3 N–H and O–H groups in total. The molecule has 1 aliphatic heterocycles. The van der Waals surface area contributed by atoms with Crippen molar-refractivity contribution in [2.75, 3.05) is 30.3 Å². The third kappa shape index (κ3) is 3.01. The van der Waals surface area contributed by atoms with Crippen molar-refractivity contribution in [3.63, 3.8) is 0 Å². The van der Waals surface area contributed by atoms with E-state index in [1.165, 1.54) is 12.1 Å². The number of carboxylic acid groups (broad SMARTS) is 1. The number of hydrogen-bond donors (Lipinski definition) is 2. The molecule has 0 amide bonds. The van der Waals surface area contributed by atoms with Crippen molar-refractivity contribution in [1.29, 1.82) is 0 Å². The van der Waals surface area contributed by atoms with Gasteiger partial charge in [0.25, 0.3) is 0 Å². The summed E-state index contributed by atoms with van der Waals surface area (Å²) in [7, 11) is 0. The molecule has 110 valence electrons. The number of benzene rings is 1. The Bertz CT molecular complexity index is 499. The zero-order valence-corrected chi connectivity index (χ0v) is 11.4. The second-order valence-electron chi connectivity index (χ2n) is 4.84. The van der Waals surface area contributed by atoms with Gasteiger partial charge in [0, 0.05) is 25.8 Å². The van der Waals surface area contributed by atoms with Crippen molar-refractivity contribution < 1.29 is 19.0 Å². The number of nitrogen functional groups attached to an aromatic ring is 1. The van der Waals surface area contributed by atoms with Gasteiger partial charge < -0.3 is 20.5 Å². The van der Waals surface area contributed by atoms with Crippen LogP contribution in [0.4, 0.5) is 15.8 Å². The van der Waals surface area contributed by atoms with Crippen LogP contribution < -0.4 is 10.6 Å². The van der Waals surface area contributed by atoms with E-state index in [4.69, 9.17) is 15.6 Å². The quantitative estimate of drug-likeness (QED) is 0.827. The summed E-state index contributed by atoms with van der Waals surface area (Å²) >= 11 is 0. The van der Waals surface area contributed by atoms with Gasteiger partial charge in [-0.25, -0.2) is 9.18 Å². The molecule has 0 aromatic heterocycles. The number of halogens is 1. The lowest BCUT2D eigenvalue weighted by molar-refractivity contribution is 0.0459. The van der Waals surface area contributed by atoms with Crippen LogP contribution in [-0.4, -0.2) is 36.9 Å². The molecule has 1 saturated heterocycles. The van der Waals surface area contributed by atoms with E-state index >= 15 is 0 Å². The normalized spacial score (nSPS) is 16.4. The number of carboxylic acids is 1. The second kappa shape index (κ2) is 6.09. The Morgan fingerprint density at radius 2 is 2.15 bits per heavy atom. The van der Waals surface area contributed by atoms with Gasteiger partial charge in [0.2, 0.25) is 0 Å². The van der Waals surface area contributed by atoms with Crippen LogP contribution in [0.3, 0.4) is 0 Å². The number of hydrogen-bond acceptors (Lipinski definition) is 4. The fraction of sp³-hybridized carbons (Fsp3) is 0.500. The minimum Gasteiger partial charge on any atom is -0.478 e. The summed E-state index contributed by atoms with van der Waals surface area (Å²) in [5.74, 6) is -2.07.